The van der Waals surface area contributed by atoms with E-state index in [9.17, 15) is 4.39 Å². The highest BCUT2D eigenvalue weighted by atomic mass is 35.5. The van der Waals surface area contributed by atoms with Crippen molar-refractivity contribution in [3.63, 3.8) is 0 Å². The number of fused-ring (bicyclic) bond motifs is 1. The molecule has 2 heterocycles. The van der Waals surface area contributed by atoms with Gasteiger partial charge in [0.25, 0.3) is 0 Å². The molecule has 130 valence electrons. The third kappa shape index (κ3) is 3.05. The number of hydrogen-bond donors (Lipinski definition) is 0. The fourth-order valence-corrected chi connectivity index (χ4v) is 3.94. The van der Waals surface area contributed by atoms with E-state index in [1.165, 1.54) is 18.9 Å². The maximum Gasteiger partial charge on any atom is 0.129 e. The van der Waals surface area contributed by atoms with E-state index in [0.717, 1.165) is 29.9 Å². The number of imidazole rings is 1. The zero-order valence-corrected chi connectivity index (χ0v) is 15.0. The van der Waals surface area contributed by atoms with Crippen molar-refractivity contribution < 1.29 is 4.39 Å². The topological polar surface area (TPSA) is 21.1 Å². The van der Waals surface area contributed by atoms with Crippen molar-refractivity contribution >= 4 is 22.6 Å². The highest BCUT2D eigenvalue weighted by Crippen LogP contribution is 2.29. The van der Waals surface area contributed by atoms with E-state index >= 15 is 0 Å². The second kappa shape index (κ2) is 6.77. The second-order valence-corrected chi connectivity index (χ2v) is 7.07. The Kier molecular flexibility index (Phi) is 4.48. The molecule has 5 heteroatoms. The molecule has 1 fully saturated rings. The van der Waals surface area contributed by atoms with E-state index in [1.807, 2.05) is 24.3 Å². The molecule has 3 nitrogen and oxygen atoms in total. The molecule has 1 unspecified atom stereocenters. The van der Waals surface area contributed by atoms with Crippen LogP contribution in [0.15, 0.2) is 42.5 Å². The third-order valence-electron chi connectivity index (χ3n) is 5.12. The van der Waals surface area contributed by atoms with Crippen molar-refractivity contribution in [2.75, 3.05) is 13.1 Å². The summed E-state index contributed by atoms with van der Waals surface area (Å²) < 4.78 is 16.5. The lowest BCUT2D eigenvalue weighted by Gasteiger charge is -2.24. The Bertz CT molecular complexity index is 879. The van der Waals surface area contributed by atoms with E-state index in [4.69, 9.17) is 16.6 Å². The molecule has 0 N–H and O–H groups in total. The van der Waals surface area contributed by atoms with E-state index in [0.29, 0.717) is 17.1 Å². The third-order valence-corrected chi connectivity index (χ3v) is 5.48. The molecule has 1 aromatic heterocycles. The maximum atomic E-state index is 14.3. The Morgan fingerprint density at radius 2 is 1.88 bits per heavy atom. The summed E-state index contributed by atoms with van der Waals surface area (Å²) in [5.74, 6) is 0.701. The molecule has 3 aromatic rings. The average molecular weight is 358 g/mol. The zero-order valence-electron chi connectivity index (χ0n) is 14.3. The van der Waals surface area contributed by atoms with Crippen molar-refractivity contribution in [2.45, 2.75) is 32.4 Å². The molecular weight excluding hydrogens is 337 g/mol. The van der Waals surface area contributed by atoms with Gasteiger partial charge in [-0.2, -0.15) is 0 Å². The minimum atomic E-state index is -0.273. The van der Waals surface area contributed by atoms with Gasteiger partial charge in [-0.25, -0.2) is 9.37 Å². The Balaban J connectivity index is 1.82. The lowest BCUT2D eigenvalue weighted by Crippen LogP contribution is -2.26. The van der Waals surface area contributed by atoms with Gasteiger partial charge in [-0.15, -0.1) is 0 Å². The van der Waals surface area contributed by atoms with Crippen LogP contribution < -0.4 is 0 Å². The second-order valence-electron chi connectivity index (χ2n) is 6.66. The minimum Gasteiger partial charge on any atom is -0.322 e. The summed E-state index contributed by atoms with van der Waals surface area (Å²) in [6.45, 7) is 4.75. The monoisotopic (exact) mass is 357 g/mol. The molecule has 1 aliphatic rings. The number of benzene rings is 2. The van der Waals surface area contributed by atoms with Crippen LogP contribution in [0.25, 0.3) is 11.0 Å². The Hall–Kier alpha value is -1.91. The van der Waals surface area contributed by atoms with Gasteiger partial charge in [0.1, 0.15) is 11.6 Å². The van der Waals surface area contributed by atoms with Crippen LogP contribution in [-0.2, 0) is 6.54 Å². The number of halogens is 2. The lowest BCUT2D eigenvalue weighted by atomic mass is 10.2. The first-order valence-electron chi connectivity index (χ1n) is 8.77. The first kappa shape index (κ1) is 16.6. The highest BCUT2D eigenvalue weighted by Gasteiger charge is 2.25. The first-order valence-corrected chi connectivity index (χ1v) is 9.15. The van der Waals surface area contributed by atoms with Gasteiger partial charge in [0.05, 0.1) is 23.6 Å². The largest absolute Gasteiger partial charge is 0.322 e. The summed E-state index contributed by atoms with van der Waals surface area (Å²) >= 11 is 6.27. The fourth-order valence-electron chi connectivity index (χ4n) is 3.71. The molecule has 1 saturated heterocycles. The molecule has 25 heavy (non-hydrogen) atoms. The highest BCUT2D eigenvalue weighted by molar-refractivity contribution is 6.31. The lowest BCUT2D eigenvalue weighted by molar-refractivity contribution is 0.249. The van der Waals surface area contributed by atoms with Crippen LogP contribution in [0, 0.1) is 5.82 Å². The van der Waals surface area contributed by atoms with Crippen molar-refractivity contribution in [1.82, 2.24) is 14.5 Å². The molecule has 1 atom stereocenters. The Morgan fingerprint density at radius 3 is 2.64 bits per heavy atom. The number of likely N-dealkylation sites (tertiary alicyclic amines) is 1. The van der Waals surface area contributed by atoms with E-state index in [-0.39, 0.29) is 11.9 Å². The van der Waals surface area contributed by atoms with E-state index in [1.54, 1.807) is 12.1 Å². The van der Waals surface area contributed by atoms with Gasteiger partial charge >= 0.3 is 0 Å². The van der Waals surface area contributed by atoms with Gasteiger partial charge in [0.2, 0.25) is 0 Å². The maximum absolute atomic E-state index is 14.3. The van der Waals surface area contributed by atoms with Gasteiger partial charge < -0.3 is 4.57 Å². The summed E-state index contributed by atoms with van der Waals surface area (Å²) in [7, 11) is 0. The number of nitrogens with zero attached hydrogens (tertiary/aromatic N) is 3. The van der Waals surface area contributed by atoms with Crippen molar-refractivity contribution in [3.8, 4) is 0 Å². The predicted octanol–water partition coefficient (Wildman–Crippen LogP) is 5.03. The molecule has 1 aliphatic heterocycles. The Morgan fingerprint density at radius 1 is 1.12 bits per heavy atom. The molecular formula is C20H21ClFN3. The van der Waals surface area contributed by atoms with Gasteiger partial charge in [-0.3, -0.25) is 4.90 Å². The molecule has 0 spiro atoms. The van der Waals surface area contributed by atoms with Crippen molar-refractivity contribution in [1.29, 1.82) is 0 Å². The smallest absolute Gasteiger partial charge is 0.129 e. The van der Waals surface area contributed by atoms with Crippen LogP contribution in [0.4, 0.5) is 4.39 Å². The van der Waals surface area contributed by atoms with Gasteiger partial charge in [0, 0.05) is 10.6 Å². The van der Waals surface area contributed by atoms with E-state index in [2.05, 4.69) is 16.4 Å². The zero-order chi connectivity index (χ0) is 17.4. The number of aromatic nitrogens is 2. The standard InChI is InChI=1S/C20H21ClFN3/c1-14(24-11-4-5-12-24)20-23-18-9-2-3-10-19(18)25(20)13-15-16(21)7-6-8-17(15)22/h2-3,6-10,14H,4-5,11-13H2,1H3. The number of para-hydroxylation sites is 2. The molecule has 2 aromatic carbocycles. The normalized spacial score (nSPS) is 16.6. The molecule has 0 bridgehead atoms. The molecule has 0 radical (unpaired) electrons. The molecule has 0 aliphatic carbocycles. The SMILES string of the molecule is CC(c1nc2ccccc2n1Cc1c(F)cccc1Cl)N1CCCC1. The van der Waals surface area contributed by atoms with Crippen LogP contribution in [0.3, 0.4) is 0 Å². The van der Waals surface area contributed by atoms with Crippen molar-refractivity contribution in [2.24, 2.45) is 0 Å². The first-order chi connectivity index (χ1) is 12.1. The van der Waals surface area contributed by atoms with Crippen molar-refractivity contribution in [3.05, 3.63) is 64.7 Å². The predicted molar refractivity (Wildman–Crippen MR) is 99.5 cm³/mol. The van der Waals surface area contributed by atoms with E-state index < -0.39 is 0 Å². The number of hydrogen-bond acceptors (Lipinski definition) is 2. The van der Waals surface area contributed by atoms with Crippen LogP contribution in [0.1, 0.15) is 37.2 Å². The van der Waals surface area contributed by atoms with Crippen LogP contribution >= 0.6 is 11.6 Å². The molecule has 0 saturated carbocycles. The molecule has 0 amide bonds. The average Bonchev–Trinajstić information content (AvgIpc) is 3.26. The van der Waals surface area contributed by atoms with Gasteiger partial charge in [-0.05, 0) is 57.1 Å². The summed E-state index contributed by atoms with van der Waals surface area (Å²) in [5, 5.41) is 0.456. The van der Waals surface area contributed by atoms with Gasteiger partial charge in [0.15, 0.2) is 0 Å². The van der Waals surface area contributed by atoms with Gasteiger partial charge in [-0.1, -0.05) is 29.8 Å². The van der Waals surface area contributed by atoms with Crippen LogP contribution in [-0.4, -0.2) is 27.5 Å². The Labute approximate surface area is 152 Å². The minimum absolute atomic E-state index is 0.195. The summed E-state index contributed by atoms with van der Waals surface area (Å²) in [6.07, 6.45) is 2.45. The van der Waals surface area contributed by atoms with Crippen LogP contribution in [0.2, 0.25) is 5.02 Å². The van der Waals surface area contributed by atoms with Crippen LogP contribution in [0.5, 0.6) is 0 Å². The number of rotatable bonds is 4. The summed E-state index contributed by atoms with van der Waals surface area (Å²) in [6, 6.07) is 13.1. The molecule has 4 rings (SSSR count). The summed E-state index contributed by atoms with van der Waals surface area (Å²) in [5.41, 5.74) is 2.47. The summed E-state index contributed by atoms with van der Waals surface area (Å²) in [4.78, 5) is 7.31. The fraction of sp³-hybridized carbons (Fsp3) is 0.350. The quantitative estimate of drug-likeness (QED) is 0.652.